The number of hydrogen-bond donors (Lipinski definition) is 0. The fourth-order valence-electron chi connectivity index (χ4n) is 3.94. The monoisotopic (exact) mass is 363 g/mol. The van der Waals surface area contributed by atoms with Crippen LogP contribution in [0.4, 0.5) is 0 Å². The maximum Gasteiger partial charge on any atom is 0.182 e. The summed E-state index contributed by atoms with van der Waals surface area (Å²) >= 11 is 0. The zero-order chi connectivity index (χ0) is 19.0. The number of rotatable bonds is 3. The highest BCUT2D eigenvalue weighted by Crippen LogP contribution is 2.34. The number of nitrogens with zero attached hydrogens (tertiary/aromatic N) is 5. The van der Waals surface area contributed by atoms with E-state index in [0.29, 0.717) is 11.6 Å². The van der Waals surface area contributed by atoms with Crippen molar-refractivity contribution in [2.75, 3.05) is 27.2 Å². The van der Waals surface area contributed by atoms with Crippen molar-refractivity contribution in [3.63, 3.8) is 0 Å². The van der Waals surface area contributed by atoms with Gasteiger partial charge in [0, 0.05) is 18.0 Å². The molecule has 0 bridgehead atoms. The van der Waals surface area contributed by atoms with Gasteiger partial charge in [0.1, 0.15) is 11.3 Å². The number of piperidine rings is 1. The first-order valence-electron chi connectivity index (χ1n) is 9.40. The molecule has 3 heterocycles. The number of benzene rings is 1. The van der Waals surface area contributed by atoms with E-state index in [4.69, 9.17) is 14.7 Å². The number of aryl methyl sites for hydroxylation is 2. The molecule has 3 aromatic rings. The second-order valence-electron chi connectivity index (χ2n) is 7.47. The van der Waals surface area contributed by atoms with Crippen molar-refractivity contribution in [1.29, 1.82) is 0 Å². The molecule has 1 aliphatic rings. The van der Waals surface area contributed by atoms with Crippen LogP contribution in [-0.4, -0.2) is 52.3 Å². The highest BCUT2D eigenvalue weighted by atomic mass is 16.5. The Balaban J connectivity index is 1.78. The fraction of sp³-hybridized carbons (Fsp3) is 0.429. The Morgan fingerprint density at radius 3 is 2.74 bits per heavy atom. The molecule has 0 radical (unpaired) electrons. The Morgan fingerprint density at radius 2 is 1.96 bits per heavy atom. The lowest BCUT2D eigenvalue weighted by Gasteiger charge is -2.28. The van der Waals surface area contributed by atoms with Crippen LogP contribution >= 0.6 is 0 Å². The summed E-state index contributed by atoms with van der Waals surface area (Å²) in [7, 11) is 3.84. The molecule has 1 atom stereocenters. The number of methoxy groups -OCH3 is 1. The molecule has 0 N–H and O–H groups in total. The lowest BCUT2D eigenvalue weighted by atomic mass is 9.98. The van der Waals surface area contributed by atoms with Gasteiger partial charge in [0.2, 0.25) is 0 Å². The molecular weight excluding hydrogens is 338 g/mol. The van der Waals surface area contributed by atoms with Crippen LogP contribution in [0.15, 0.2) is 24.3 Å². The van der Waals surface area contributed by atoms with Crippen LogP contribution in [0.25, 0.3) is 22.4 Å². The van der Waals surface area contributed by atoms with Gasteiger partial charge in [0.15, 0.2) is 11.5 Å². The lowest BCUT2D eigenvalue weighted by molar-refractivity contribution is 0.245. The zero-order valence-corrected chi connectivity index (χ0v) is 16.4. The van der Waals surface area contributed by atoms with Gasteiger partial charge in [-0.3, -0.25) is 0 Å². The van der Waals surface area contributed by atoms with Crippen LogP contribution in [0.5, 0.6) is 5.75 Å². The van der Waals surface area contributed by atoms with Crippen LogP contribution in [0.3, 0.4) is 0 Å². The summed E-state index contributed by atoms with van der Waals surface area (Å²) in [6.07, 6.45) is 2.26. The molecule has 0 amide bonds. The molecule has 1 saturated heterocycles. The average Bonchev–Trinajstić information content (AvgIpc) is 2.66. The second kappa shape index (κ2) is 7.19. The van der Waals surface area contributed by atoms with E-state index in [9.17, 15) is 0 Å². The van der Waals surface area contributed by atoms with Crippen molar-refractivity contribution in [3.05, 3.63) is 41.2 Å². The van der Waals surface area contributed by atoms with Crippen molar-refractivity contribution in [2.45, 2.75) is 32.6 Å². The van der Waals surface area contributed by atoms with Gasteiger partial charge in [-0.2, -0.15) is 0 Å². The van der Waals surface area contributed by atoms with Gasteiger partial charge in [-0.1, -0.05) is 6.07 Å². The van der Waals surface area contributed by atoms with E-state index >= 15 is 0 Å². The Morgan fingerprint density at radius 1 is 1.11 bits per heavy atom. The van der Waals surface area contributed by atoms with Gasteiger partial charge in [0.05, 0.1) is 12.8 Å². The summed E-state index contributed by atoms with van der Waals surface area (Å²) in [6, 6.07) is 8.08. The van der Waals surface area contributed by atoms with E-state index < -0.39 is 0 Å². The number of aromatic nitrogens is 4. The number of ether oxygens (including phenoxy) is 1. The van der Waals surface area contributed by atoms with E-state index in [-0.39, 0.29) is 0 Å². The van der Waals surface area contributed by atoms with Crippen molar-refractivity contribution in [2.24, 2.45) is 0 Å². The van der Waals surface area contributed by atoms with Gasteiger partial charge < -0.3 is 9.64 Å². The smallest absolute Gasteiger partial charge is 0.182 e. The van der Waals surface area contributed by atoms with E-state index in [0.717, 1.165) is 59.8 Å². The van der Waals surface area contributed by atoms with E-state index in [2.05, 4.69) is 42.1 Å². The van der Waals surface area contributed by atoms with Crippen LogP contribution in [0.2, 0.25) is 0 Å². The Kier molecular flexibility index (Phi) is 4.74. The van der Waals surface area contributed by atoms with E-state index in [1.165, 1.54) is 5.56 Å². The summed E-state index contributed by atoms with van der Waals surface area (Å²) < 4.78 is 5.61. The quantitative estimate of drug-likeness (QED) is 0.709. The number of likely N-dealkylation sites (N-methyl/N-ethyl adjacent to an activating group) is 1. The maximum absolute atomic E-state index is 5.61. The van der Waals surface area contributed by atoms with Crippen molar-refractivity contribution in [3.8, 4) is 17.0 Å². The largest absolute Gasteiger partial charge is 0.496 e. The molecule has 2 aromatic heterocycles. The minimum absolute atomic E-state index is 0.321. The number of pyridine rings is 1. The zero-order valence-electron chi connectivity index (χ0n) is 16.4. The predicted octanol–water partition coefficient (Wildman–Crippen LogP) is 3.52. The standard InChI is InChI=1S/C21H25N5O/c1-13-10-14(2)19(18(11-13)27-4)16-7-8-17-21(22-16)23-20(25-24-17)15-6-5-9-26(3)12-15/h7-8,10-11,15H,5-6,9,12H2,1-4H3/t15-/m1/s1. The fourth-order valence-corrected chi connectivity index (χ4v) is 3.94. The van der Waals surface area contributed by atoms with Gasteiger partial charge in [-0.15, -0.1) is 10.2 Å². The molecular formula is C21H25N5O. The van der Waals surface area contributed by atoms with E-state index in [1.807, 2.05) is 18.2 Å². The average molecular weight is 363 g/mol. The van der Waals surface area contributed by atoms with Gasteiger partial charge in [-0.05, 0) is 69.6 Å². The third-order valence-corrected chi connectivity index (χ3v) is 5.24. The van der Waals surface area contributed by atoms with Crippen LogP contribution in [0.1, 0.15) is 35.7 Å². The highest BCUT2D eigenvalue weighted by Gasteiger charge is 2.22. The van der Waals surface area contributed by atoms with Crippen LogP contribution in [0, 0.1) is 13.8 Å². The number of hydrogen-bond acceptors (Lipinski definition) is 6. The molecule has 0 aliphatic carbocycles. The van der Waals surface area contributed by atoms with Crippen LogP contribution in [-0.2, 0) is 0 Å². The summed E-state index contributed by atoms with van der Waals surface area (Å²) in [5.41, 5.74) is 5.52. The first-order chi connectivity index (χ1) is 13.0. The molecule has 1 aromatic carbocycles. The molecule has 1 aliphatic heterocycles. The molecule has 140 valence electrons. The molecule has 1 fully saturated rings. The number of likely N-dealkylation sites (tertiary alicyclic amines) is 1. The summed E-state index contributed by atoms with van der Waals surface area (Å²) in [5, 5.41) is 8.75. The minimum atomic E-state index is 0.321. The Hall–Kier alpha value is -2.60. The Labute approximate surface area is 159 Å². The van der Waals surface area contributed by atoms with Crippen molar-refractivity contribution in [1.82, 2.24) is 25.1 Å². The van der Waals surface area contributed by atoms with Crippen LogP contribution < -0.4 is 4.74 Å². The summed E-state index contributed by atoms with van der Waals surface area (Å²) in [4.78, 5) is 11.9. The SMILES string of the molecule is COc1cc(C)cc(C)c1-c1ccc2nnc([C@@H]3CCCN(C)C3)nc2n1. The summed E-state index contributed by atoms with van der Waals surface area (Å²) in [5.74, 6) is 1.95. The van der Waals surface area contributed by atoms with E-state index in [1.54, 1.807) is 7.11 Å². The molecule has 4 rings (SSSR count). The highest BCUT2D eigenvalue weighted by molar-refractivity contribution is 5.78. The van der Waals surface area contributed by atoms with Gasteiger partial charge in [-0.25, -0.2) is 9.97 Å². The molecule has 0 unspecified atom stereocenters. The summed E-state index contributed by atoms with van der Waals surface area (Å²) in [6.45, 7) is 6.25. The first-order valence-corrected chi connectivity index (χ1v) is 9.40. The molecule has 0 saturated carbocycles. The Bertz CT molecular complexity index is 988. The topological polar surface area (TPSA) is 64.0 Å². The second-order valence-corrected chi connectivity index (χ2v) is 7.47. The van der Waals surface area contributed by atoms with Gasteiger partial charge in [0.25, 0.3) is 0 Å². The van der Waals surface area contributed by atoms with Crippen molar-refractivity contribution < 1.29 is 4.74 Å². The van der Waals surface area contributed by atoms with Gasteiger partial charge >= 0.3 is 0 Å². The molecule has 27 heavy (non-hydrogen) atoms. The third kappa shape index (κ3) is 3.49. The first kappa shape index (κ1) is 17.8. The molecule has 0 spiro atoms. The van der Waals surface area contributed by atoms with Crippen molar-refractivity contribution >= 4 is 11.2 Å². The third-order valence-electron chi connectivity index (χ3n) is 5.24. The number of fused-ring (bicyclic) bond motifs is 1. The maximum atomic E-state index is 5.61. The molecule has 6 nitrogen and oxygen atoms in total. The normalized spacial score (nSPS) is 18.0. The lowest BCUT2D eigenvalue weighted by Crippen LogP contribution is -2.31. The predicted molar refractivity (Wildman–Crippen MR) is 106 cm³/mol. The molecule has 6 heteroatoms. The minimum Gasteiger partial charge on any atom is -0.496 e.